The van der Waals surface area contributed by atoms with Gasteiger partial charge >= 0.3 is 0 Å². The molecule has 6 heteroatoms. The first kappa shape index (κ1) is 18.6. The molecule has 0 amide bonds. The molecule has 2 nitrogen and oxygen atoms in total. The lowest BCUT2D eigenvalue weighted by Gasteiger charge is -2.03. The molecule has 1 unspecified atom stereocenters. The van der Waals surface area contributed by atoms with E-state index in [4.69, 9.17) is 28.3 Å². The van der Waals surface area contributed by atoms with E-state index in [0.717, 1.165) is 6.07 Å². The number of ketones is 1. The third-order valence-corrected chi connectivity index (χ3v) is 3.37. The molecule has 0 saturated heterocycles. The highest BCUT2D eigenvalue weighted by molar-refractivity contribution is 6.31. The van der Waals surface area contributed by atoms with Crippen molar-refractivity contribution in [2.45, 2.75) is 20.0 Å². The Labute approximate surface area is 137 Å². The van der Waals surface area contributed by atoms with Gasteiger partial charge in [0.25, 0.3) is 0 Å². The molecular weight excluding hydrogens is 333 g/mol. The molecule has 2 aromatic rings. The topological polar surface area (TPSA) is 37.3 Å². The summed E-state index contributed by atoms with van der Waals surface area (Å²) in [7, 11) is 0. The standard InChI is InChI=1S/C8H8ClFO.C8H6ClFO/c2*1-5(11)6-2-3-7(9)8(10)4-6/h2-5,11H,1H3;2-4H,1H3. The molecule has 1 N–H and O–H groups in total. The Kier molecular flexibility index (Phi) is 6.94. The van der Waals surface area contributed by atoms with E-state index in [0.29, 0.717) is 11.1 Å². The Morgan fingerprint density at radius 3 is 1.95 bits per heavy atom. The number of aliphatic hydroxyl groups excluding tert-OH is 1. The number of carbonyl (C=O) groups is 1. The minimum Gasteiger partial charge on any atom is -0.389 e. The van der Waals surface area contributed by atoms with Crippen molar-refractivity contribution in [1.82, 2.24) is 0 Å². The highest BCUT2D eigenvalue weighted by atomic mass is 35.5. The fourth-order valence-electron chi connectivity index (χ4n) is 1.49. The van der Waals surface area contributed by atoms with Gasteiger partial charge in [-0.3, -0.25) is 4.79 Å². The summed E-state index contributed by atoms with van der Waals surface area (Å²) < 4.78 is 25.4. The Morgan fingerprint density at radius 2 is 1.55 bits per heavy atom. The molecule has 0 saturated carbocycles. The van der Waals surface area contributed by atoms with Crippen molar-refractivity contribution in [2.24, 2.45) is 0 Å². The van der Waals surface area contributed by atoms with Crippen LogP contribution in [0.5, 0.6) is 0 Å². The van der Waals surface area contributed by atoms with Crippen molar-refractivity contribution < 1.29 is 18.7 Å². The van der Waals surface area contributed by atoms with E-state index in [2.05, 4.69) is 0 Å². The molecule has 1 atom stereocenters. The molecule has 118 valence electrons. The molecular formula is C16H14Cl2F2O2. The molecule has 0 heterocycles. The highest BCUT2D eigenvalue weighted by Crippen LogP contribution is 2.19. The maximum atomic E-state index is 12.7. The molecule has 0 spiro atoms. The zero-order chi connectivity index (χ0) is 16.9. The lowest BCUT2D eigenvalue weighted by atomic mass is 10.1. The van der Waals surface area contributed by atoms with Crippen LogP contribution in [-0.2, 0) is 0 Å². The second-order valence-corrected chi connectivity index (χ2v) is 5.35. The quantitative estimate of drug-likeness (QED) is 0.757. The Balaban J connectivity index is 0.000000220. The first-order chi connectivity index (χ1) is 10.2. The zero-order valence-electron chi connectivity index (χ0n) is 11.9. The number of carbonyl (C=O) groups excluding carboxylic acids is 1. The first-order valence-corrected chi connectivity index (χ1v) is 7.07. The van der Waals surface area contributed by atoms with Crippen LogP contribution in [0.1, 0.15) is 35.9 Å². The van der Waals surface area contributed by atoms with E-state index >= 15 is 0 Å². The Bertz CT molecular complexity index is 673. The van der Waals surface area contributed by atoms with Crippen LogP contribution in [0.4, 0.5) is 8.78 Å². The van der Waals surface area contributed by atoms with E-state index in [1.807, 2.05) is 0 Å². The number of Topliss-reactive ketones (excluding diaryl/α,β-unsaturated/α-hetero) is 1. The fourth-order valence-corrected chi connectivity index (χ4v) is 1.72. The summed E-state index contributed by atoms with van der Waals surface area (Å²) in [4.78, 5) is 10.7. The van der Waals surface area contributed by atoms with Gasteiger partial charge in [-0.05, 0) is 49.7 Å². The summed E-state index contributed by atoms with van der Waals surface area (Å²) in [5, 5.41) is 9.14. The molecule has 0 aliphatic carbocycles. The van der Waals surface area contributed by atoms with Crippen LogP contribution < -0.4 is 0 Å². The molecule has 0 radical (unpaired) electrons. The summed E-state index contributed by atoms with van der Waals surface area (Å²) in [6.45, 7) is 2.95. The predicted molar refractivity (Wildman–Crippen MR) is 83.5 cm³/mol. The Hall–Kier alpha value is -1.49. The number of hydrogen-bond donors (Lipinski definition) is 1. The number of benzene rings is 2. The van der Waals surface area contributed by atoms with Crippen molar-refractivity contribution in [3.63, 3.8) is 0 Å². The molecule has 0 aliphatic heterocycles. The average molecular weight is 347 g/mol. The molecule has 0 aromatic heterocycles. The number of aliphatic hydroxyl groups is 1. The van der Waals surface area contributed by atoms with Gasteiger partial charge in [0, 0.05) is 5.56 Å². The minimum absolute atomic E-state index is 0.0370. The number of halogens is 4. The van der Waals surface area contributed by atoms with Gasteiger partial charge in [0.05, 0.1) is 16.1 Å². The van der Waals surface area contributed by atoms with E-state index in [1.54, 1.807) is 13.0 Å². The van der Waals surface area contributed by atoms with Gasteiger partial charge in [-0.25, -0.2) is 8.78 Å². The van der Waals surface area contributed by atoms with Gasteiger partial charge in [0.15, 0.2) is 5.78 Å². The predicted octanol–water partition coefficient (Wildman–Crippen LogP) is 5.21. The van der Waals surface area contributed by atoms with E-state index in [9.17, 15) is 13.6 Å². The molecule has 2 aromatic carbocycles. The van der Waals surface area contributed by atoms with Crippen molar-refractivity contribution in [3.05, 3.63) is 69.2 Å². The van der Waals surface area contributed by atoms with Gasteiger partial charge in [-0.1, -0.05) is 29.3 Å². The van der Waals surface area contributed by atoms with E-state index < -0.39 is 17.7 Å². The SMILES string of the molecule is CC(=O)c1ccc(Cl)c(F)c1.CC(O)c1ccc(Cl)c(F)c1. The smallest absolute Gasteiger partial charge is 0.159 e. The monoisotopic (exact) mass is 346 g/mol. The minimum atomic E-state index is -0.651. The van der Waals surface area contributed by atoms with Gasteiger partial charge in [0.1, 0.15) is 11.6 Å². The number of rotatable bonds is 2. The van der Waals surface area contributed by atoms with Crippen LogP contribution >= 0.6 is 23.2 Å². The lowest BCUT2D eigenvalue weighted by Crippen LogP contribution is -1.92. The van der Waals surface area contributed by atoms with Crippen LogP contribution in [0.25, 0.3) is 0 Å². The molecule has 22 heavy (non-hydrogen) atoms. The van der Waals surface area contributed by atoms with Crippen LogP contribution in [0.15, 0.2) is 36.4 Å². The fraction of sp³-hybridized carbons (Fsp3) is 0.188. The summed E-state index contributed by atoms with van der Waals surface area (Å²) in [5.41, 5.74) is 0.874. The third-order valence-electron chi connectivity index (χ3n) is 2.75. The maximum Gasteiger partial charge on any atom is 0.159 e. The first-order valence-electron chi connectivity index (χ1n) is 6.31. The molecule has 2 rings (SSSR count). The summed E-state index contributed by atoms with van der Waals surface area (Å²) in [6, 6.07) is 8.24. The summed E-state index contributed by atoms with van der Waals surface area (Å²) in [5.74, 6) is -1.22. The van der Waals surface area contributed by atoms with Gasteiger partial charge in [-0.2, -0.15) is 0 Å². The normalized spacial score (nSPS) is 11.4. The van der Waals surface area contributed by atoms with Gasteiger partial charge in [0.2, 0.25) is 0 Å². The largest absolute Gasteiger partial charge is 0.389 e. The van der Waals surface area contributed by atoms with Gasteiger partial charge in [-0.15, -0.1) is 0 Å². The van der Waals surface area contributed by atoms with Crippen LogP contribution in [0.2, 0.25) is 10.0 Å². The zero-order valence-corrected chi connectivity index (χ0v) is 13.4. The lowest BCUT2D eigenvalue weighted by molar-refractivity contribution is 0.101. The van der Waals surface area contributed by atoms with Crippen LogP contribution in [-0.4, -0.2) is 10.9 Å². The molecule has 0 aliphatic rings. The van der Waals surface area contributed by atoms with E-state index in [1.165, 1.54) is 31.2 Å². The summed E-state index contributed by atoms with van der Waals surface area (Å²) >= 11 is 10.8. The van der Waals surface area contributed by atoms with Crippen molar-refractivity contribution in [2.75, 3.05) is 0 Å². The molecule has 0 fully saturated rings. The third kappa shape index (κ3) is 5.37. The maximum absolute atomic E-state index is 12.7. The van der Waals surface area contributed by atoms with E-state index in [-0.39, 0.29) is 15.8 Å². The van der Waals surface area contributed by atoms with Crippen LogP contribution in [0.3, 0.4) is 0 Å². The Morgan fingerprint density at radius 1 is 1.05 bits per heavy atom. The second kappa shape index (κ2) is 8.22. The van der Waals surface area contributed by atoms with Gasteiger partial charge < -0.3 is 5.11 Å². The second-order valence-electron chi connectivity index (χ2n) is 4.53. The van der Waals surface area contributed by atoms with Crippen LogP contribution in [0, 0.1) is 11.6 Å². The van der Waals surface area contributed by atoms with Crippen molar-refractivity contribution in [1.29, 1.82) is 0 Å². The average Bonchev–Trinajstić information content (AvgIpc) is 2.45. The molecule has 0 bridgehead atoms. The highest BCUT2D eigenvalue weighted by Gasteiger charge is 2.04. The van der Waals surface area contributed by atoms with Crippen molar-refractivity contribution >= 4 is 29.0 Å². The van der Waals surface area contributed by atoms with Crippen molar-refractivity contribution in [3.8, 4) is 0 Å². The summed E-state index contributed by atoms with van der Waals surface area (Å²) in [6.07, 6.45) is -0.651. The number of hydrogen-bond acceptors (Lipinski definition) is 2.